The second-order valence-corrected chi connectivity index (χ2v) is 6.91. The first-order chi connectivity index (χ1) is 11.7. The van der Waals surface area contributed by atoms with Gasteiger partial charge in [-0.15, -0.1) is 10.2 Å². The summed E-state index contributed by atoms with van der Waals surface area (Å²) in [5.74, 6) is -0.265. The highest BCUT2D eigenvalue weighted by molar-refractivity contribution is 7.18. The zero-order chi connectivity index (χ0) is 16.5. The highest BCUT2D eigenvalue weighted by Gasteiger charge is 2.38. The number of ether oxygens (including phenoxy) is 2. The minimum Gasteiger partial charge on any atom is -0.378 e. The molecule has 2 fully saturated rings. The molecule has 3 N–H and O–H groups in total. The SMILES string of the molecule is Nc1nnc(N2C[C@@H]3OCC(Nc4cccc(F)c4)CO[C@H]3C2)s1. The van der Waals surface area contributed by atoms with Crippen molar-refractivity contribution in [1.29, 1.82) is 0 Å². The van der Waals surface area contributed by atoms with Crippen LogP contribution < -0.4 is 16.0 Å². The van der Waals surface area contributed by atoms with E-state index in [9.17, 15) is 4.39 Å². The predicted molar refractivity (Wildman–Crippen MR) is 89.8 cm³/mol. The van der Waals surface area contributed by atoms with Crippen molar-refractivity contribution < 1.29 is 13.9 Å². The minimum atomic E-state index is -0.265. The van der Waals surface area contributed by atoms with Crippen LogP contribution in [0.3, 0.4) is 0 Å². The van der Waals surface area contributed by atoms with Crippen molar-refractivity contribution >= 4 is 27.3 Å². The van der Waals surface area contributed by atoms with Crippen LogP contribution in [-0.2, 0) is 9.47 Å². The maximum atomic E-state index is 13.3. The van der Waals surface area contributed by atoms with Gasteiger partial charge >= 0.3 is 0 Å². The van der Waals surface area contributed by atoms with Crippen LogP contribution >= 0.6 is 11.3 Å². The summed E-state index contributed by atoms with van der Waals surface area (Å²) < 4.78 is 25.3. The molecule has 0 unspecified atom stereocenters. The van der Waals surface area contributed by atoms with Crippen LogP contribution in [0.1, 0.15) is 0 Å². The van der Waals surface area contributed by atoms with Crippen molar-refractivity contribution in [3.05, 3.63) is 30.1 Å². The Morgan fingerprint density at radius 3 is 2.58 bits per heavy atom. The fourth-order valence-electron chi connectivity index (χ4n) is 3.00. The lowest BCUT2D eigenvalue weighted by Gasteiger charge is -2.19. The molecule has 0 spiro atoms. The molecule has 0 amide bonds. The first-order valence-electron chi connectivity index (χ1n) is 7.76. The van der Waals surface area contributed by atoms with Gasteiger partial charge in [0.2, 0.25) is 10.3 Å². The Morgan fingerprint density at radius 2 is 1.96 bits per heavy atom. The van der Waals surface area contributed by atoms with E-state index in [-0.39, 0.29) is 24.1 Å². The smallest absolute Gasteiger partial charge is 0.210 e. The van der Waals surface area contributed by atoms with Gasteiger partial charge in [-0.3, -0.25) is 0 Å². The molecule has 128 valence electrons. The molecule has 0 bridgehead atoms. The van der Waals surface area contributed by atoms with E-state index in [2.05, 4.69) is 20.4 Å². The van der Waals surface area contributed by atoms with E-state index in [0.717, 1.165) is 10.8 Å². The Balaban J connectivity index is 1.36. The number of nitrogen functional groups attached to an aromatic ring is 1. The number of benzene rings is 1. The second-order valence-electron chi connectivity index (χ2n) is 5.92. The average Bonchev–Trinajstić information content (AvgIpc) is 3.12. The summed E-state index contributed by atoms with van der Waals surface area (Å²) in [5, 5.41) is 12.4. The number of halogens is 1. The van der Waals surface area contributed by atoms with E-state index in [1.807, 2.05) is 6.07 Å². The van der Waals surface area contributed by atoms with Crippen LogP contribution in [0.15, 0.2) is 24.3 Å². The third-order valence-electron chi connectivity index (χ3n) is 4.13. The summed E-state index contributed by atoms with van der Waals surface area (Å²) in [6.45, 7) is 2.41. The normalized spacial score (nSPS) is 24.6. The summed E-state index contributed by atoms with van der Waals surface area (Å²) >= 11 is 1.36. The third kappa shape index (κ3) is 3.28. The lowest BCUT2D eigenvalue weighted by Crippen LogP contribution is -2.31. The van der Waals surface area contributed by atoms with Gasteiger partial charge < -0.3 is 25.4 Å². The van der Waals surface area contributed by atoms with E-state index in [1.165, 1.54) is 23.5 Å². The molecule has 2 aromatic rings. The van der Waals surface area contributed by atoms with E-state index in [4.69, 9.17) is 15.2 Å². The van der Waals surface area contributed by atoms with Gasteiger partial charge in [0.25, 0.3) is 0 Å². The Bertz CT molecular complexity index is 699. The first kappa shape index (κ1) is 15.6. The lowest BCUT2D eigenvalue weighted by atomic mass is 10.2. The molecule has 1 aromatic carbocycles. The molecule has 1 aromatic heterocycles. The van der Waals surface area contributed by atoms with E-state index in [0.29, 0.717) is 31.4 Å². The fourth-order valence-corrected chi connectivity index (χ4v) is 3.63. The number of nitrogens with two attached hydrogens (primary N) is 1. The quantitative estimate of drug-likeness (QED) is 0.863. The molecule has 9 heteroatoms. The maximum Gasteiger partial charge on any atom is 0.210 e. The van der Waals surface area contributed by atoms with Crippen molar-refractivity contribution in [3.8, 4) is 0 Å². The average molecular weight is 351 g/mol. The minimum absolute atomic E-state index is 0.0111. The fraction of sp³-hybridized carbons (Fsp3) is 0.467. The van der Waals surface area contributed by atoms with Crippen LogP contribution in [-0.4, -0.2) is 54.8 Å². The zero-order valence-corrected chi connectivity index (χ0v) is 13.7. The molecule has 0 aliphatic carbocycles. The molecule has 0 saturated carbocycles. The van der Waals surface area contributed by atoms with Crippen molar-refractivity contribution in [2.24, 2.45) is 0 Å². The predicted octanol–water partition coefficient (Wildman–Crippen LogP) is 1.34. The molecule has 3 heterocycles. The van der Waals surface area contributed by atoms with Crippen molar-refractivity contribution in [1.82, 2.24) is 10.2 Å². The molecule has 4 rings (SSSR count). The summed E-state index contributed by atoms with van der Waals surface area (Å²) in [7, 11) is 0. The zero-order valence-electron chi connectivity index (χ0n) is 12.9. The standard InChI is InChI=1S/C15H18FN5O2S/c16-9-2-1-3-10(4-9)18-11-7-22-12-5-21(6-13(12)23-8-11)15-20-19-14(17)24-15/h1-4,11-13,18H,5-8H2,(H2,17,19)/t12-,13-/m0/s1. The summed E-state index contributed by atoms with van der Waals surface area (Å²) in [6, 6.07) is 6.38. The first-order valence-corrected chi connectivity index (χ1v) is 8.58. The number of fused-ring (bicyclic) bond motifs is 1. The number of anilines is 3. The number of hydrogen-bond acceptors (Lipinski definition) is 8. The van der Waals surface area contributed by atoms with Crippen molar-refractivity contribution in [2.45, 2.75) is 18.2 Å². The van der Waals surface area contributed by atoms with Gasteiger partial charge in [-0.1, -0.05) is 17.4 Å². The number of aromatic nitrogens is 2. The van der Waals surface area contributed by atoms with E-state index in [1.54, 1.807) is 6.07 Å². The number of nitrogens with zero attached hydrogens (tertiary/aromatic N) is 3. The van der Waals surface area contributed by atoms with Gasteiger partial charge in [-0.05, 0) is 18.2 Å². The van der Waals surface area contributed by atoms with Crippen LogP contribution in [0.5, 0.6) is 0 Å². The van der Waals surface area contributed by atoms with Crippen LogP contribution in [0.2, 0.25) is 0 Å². The third-order valence-corrected chi connectivity index (χ3v) is 4.95. The van der Waals surface area contributed by atoms with Crippen LogP contribution in [0, 0.1) is 5.82 Å². The van der Waals surface area contributed by atoms with E-state index < -0.39 is 0 Å². The Labute approximate surface area is 142 Å². The molecular formula is C15H18FN5O2S. The van der Waals surface area contributed by atoms with Gasteiger partial charge in [0.1, 0.15) is 18.0 Å². The topological polar surface area (TPSA) is 85.5 Å². The summed E-state index contributed by atoms with van der Waals surface area (Å²) in [6.07, 6.45) is -0.0381. The molecule has 0 radical (unpaired) electrons. The van der Waals surface area contributed by atoms with Gasteiger partial charge in [0, 0.05) is 18.8 Å². The monoisotopic (exact) mass is 351 g/mol. The number of hydrogen-bond donors (Lipinski definition) is 2. The Hall–Kier alpha value is -1.97. The molecule has 24 heavy (non-hydrogen) atoms. The van der Waals surface area contributed by atoms with Gasteiger partial charge in [-0.25, -0.2) is 4.39 Å². The second kappa shape index (κ2) is 6.50. The van der Waals surface area contributed by atoms with Crippen LogP contribution in [0.4, 0.5) is 20.3 Å². The maximum absolute atomic E-state index is 13.3. The van der Waals surface area contributed by atoms with Gasteiger partial charge in [0.15, 0.2) is 0 Å². The van der Waals surface area contributed by atoms with E-state index >= 15 is 0 Å². The molecule has 2 saturated heterocycles. The molecule has 7 nitrogen and oxygen atoms in total. The molecule has 2 atom stereocenters. The molecule has 2 aliphatic rings. The largest absolute Gasteiger partial charge is 0.378 e. The van der Waals surface area contributed by atoms with Gasteiger partial charge in [0.05, 0.1) is 19.3 Å². The highest BCUT2D eigenvalue weighted by atomic mass is 32.1. The van der Waals surface area contributed by atoms with Crippen molar-refractivity contribution in [2.75, 3.05) is 42.3 Å². The van der Waals surface area contributed by atoms with Gasteiger partial charge in [-0.2, -0.15) is 0 Å². The number of rotatable bonds is 3. The van der Waals surface area contributed by atoms with Crippen LogP contribution in [0.25, 0.3) is 0 Å². The molecular weight excluding hydrogens is 333 g/mol. The Kier molecular flexibility index (Phi) is 4.21. The molecule has 2 aliphatic heterocycles. The lowest BCUT2D eigenvalue weighted by molar-refractivity contribution is -0.00461. The summed E-state index contributed by atoms with van der Waals surface area (Å²) in [4.78, 5) is 2.09. The highest BCUT2D eigenvalue weighted by Crippen LogP contribution is 2.29. The Morgan fingerprint density at radius 1 is 1.21 bits per heavy atom. The summed E-state index contributed by atoms with van der Waals surface area (Å²) in [5.41, 5.74) is 6.37. The number of nitrogens with one attached hydrogen (secondary N) is 1. The van der Waals surface area contributed by atoms with Crippen molar-refractivity contribution in [3.63, 3.8) is 0 Å².